The number of nitrogens with zero attached hydrogens (tertiary/aromatic N) is 1. The van der Waals surface area contributed by atoms with Gasteiger partial charge in [-0.25, -0.2) is 9.37 Å². The summed E-state index contributed by atoms with van der Waals surface area (Å²) in [6.45, 7) is 1.74. The average Bonchev–Trinajstić information content (AvgIpc) is 3.01. The number of halogens is 2. The minimum absolute atomic E-state index is 0.0300. The molecule has 0 saturated heterocycles. The first kappa shape index (κ1) is 16.4. The van der Waals surface area contributed by atoms with Crippen LogP contribution in [-0.4, -0.2) is 29.5 Å². The van der Waals surface area contributed by atoms with Crippen molar-refractivity contribution in [1.82, 2.24) is 9.97 Å². The Morgan fingerprint density at radius 2 is 2.21 bits per heavy atom. The van der Waals surface area contributed by atoms with E-state index < -0.39 is 5.82 Å². The Morgan fingerprint density at radius 1 is 1.42 bits per heavy atom. The number of ether oxygens (including phenoxy) is 1. The zero-order valence-corrected chi connectivity index (χ0v) is 13.9. The zero-order valence-electron chi connectivity index (χ0n) is 13.1. The largest absolute Gasteiger partial charge is 0.377 e. The Hall–Kier alpha value is -2.44. The lowest BCUT2D eigenvalue weighted by atomic mass is 10.1. The van der Waals surface area contributed by atoms with Gasteiger partial charge in [0, 0.05) is 12.7 Å². The number of methoxy groups -OCH3 is 1. The highest BCUT2D eigenvalue weighted by Crippen LogP contribution is 2.33. The van der Waals surface area contributed by atoms with Crippen LogP contribution in [0.3, 0.4) is 0 Å². The minimum atomic E-state index is -0.621. The molecule has 0 atom stereocenters. The van der Waals surface area contributed by atoms with Gasteiger partial charge in [0.15, 0.2) is 11.6 Å². The molecule has 0 aliphatic rings. The summed E-state index contributed by atoms with van der Waals surface area (Å²) in [5.74, 6) is -0.969. The molecule has 1 heterocycles. The lowest BCUT2D eigenvalue weighted by Crippen LogP contribution is -2.11. The molecule has 0 saturated carbocycles. The maximum Gasteiger partial charge on any atom is 0.190 e. The van der Waals surface area contributed by atoms with Crippen molar-refractivity contribution in [2.24, 2.45) is 0 Å². The van der Waals surface area contributed by atoms with Gasteiger partial charge in [0.05, 0.1) is 28.2 Å². The molecule has 24 heavy (non-hydrogen) atoms. The van der Waals surface area contributed by atoms with E-state index in [0.29, 0.717) is 16.2 Å². The molecule has 2 aromatic carbocycles. The number of hydrogen-bond donors (Lipinski definition) is 2. The summed E-state index contributed by atoms with van der Waals surface area (Å²) in [6.07, 6.45) is 1.38. The second-order valence-electron chi connectivity index (χ2n) is 5.38. The molecule has 0 aliphatic heterocycles. The van der Waals surface area contributed by atoms with Crippen LogP contribution in [0.2, 0.25) is 5.02 Å². The van der Waals surface area contributed by atoms with E-state index in [1.165, 1.54) is 13.4 Å². The van der Waals surface area contributed by atoms with E-state index in [1.807, 2.05) is 13.0 Å². The maximum atomic E-state index is 14.9. The van der Waals surface area contributed by atoms with Gasteiger partial charge in [-0.3, -0.25) is 4.79 Å². The molecular weight excluding hydrogens is 333 g/mol. The van der Waals surface area contributed by atoms with Crippen molar-refractivity contribution >= 4 is 39.8 Å². The smallest absolute Gasteiger partial charge is 0.190 e. The predicted octanol–water partition coefficient (Wildman–Crippen LogP) is 4.24. The number of fused-ring (bicyclic) bond motifs is 1. The van der Waals surface area contributed by atoms with Gasteiger partial charge in [0.25, 0.3) is 0 Å². The Bertz CT molecular complexity index is 924. The number of rotatable bonds is 5. The van der Waals surface area contributed by atoms with Crippen LogP contribution >= 0.6 is 11.6 Å². The van der Waals surface area contributed by atoms with Gasteiger partial charge in [-0.1, -0.05) is 17.7 Å². The van der Waals surface area contributed by atoms with E-state index in [2.05, 4.69) is 15.3 Å². The number of carbonyl (C=O) groups is 1. The van der Waals surface area contributed by atoms with Crippen LogP contribution in [0.5, 0.6) is 0 Å². The van der Waals surface area contributed by atoms with Gasteiger partial charge >= 0.3 is 0 Å². The first-order valence-corrected chi connectivity index (χ1v) is 7.60. The van der Waals surface area contributed by atoms with E-state index in [9.17, 15) is 9.18 Å². The molecule has 5 nitrogen and oxygen atoms in total. The lowest BCUT2D eigenvalue weighted by molar-refractivity contribution is 0.0848. The number of benzene rings is 2. The fourth-order valence-corrected chi connectivity index (χ4v) is 2.73. The minimum Gasteiger partial charge on any atom is -0.377 e. The molecule has 7 heteroatoms. The van der Waals surface area contributed by atoms with Crippen LogP contribution in [0, 0.1) is 12.7 Å². The Morgan fingerprint density at radius 3 is 2.92 bits per heavy atom. The highest BCUT2D eigenvalue weighted by molar-refractivity contribution is 6.33. The summed E-state index contributed by atoms with van der Waals surface area (Å²) < 4.78 is 19.8. The number of H-pyrrole nitrogens is 1. The van der Waals surface area contributed by atoms with Crippen molar-refractivity contribution < 1.29 is 13.9 Å². The first-order valence-electron chi connectivity index (χ1n) is 7.22. The molecule has 0 aliphatic carbocycles. The monoisotopic (exact) mass is 347 g/mol. The summed E-state index contributed by atoms with van der Waals surface area (Å²) in [6, 6.07) is 6.88. The molecular formula is C17H15ClFN3O2. The number of ketones is 1. The van der Waals surface area contributed by atoms with E-state index in [1.54, 1.807) is 18.2 Å². The molecule has 2 N–H and O–H groups in total. The maximum absolute atomic E-state index is 14.9. The predicted molar refractivity (Wildman–Crippen MR) is 91.7 cm³/mol. The fourth-order valence-electron chi connectivity index (χ4n) is 2.45. The second-order valence-corrected chi connectivity index (χ2v) is 5.78. The van der Waals surface area contributed by atoms with Gasteiger partial charge in [-0.15, -0.1) is 0 Å². The summed E-state index contributed by atoms with van der Waals surface area (Å²) in [7, 11) is 1.41. The molecule has 0 unspecified atom stereocenters. The van der Waals surface area contributed by atoms with Gasteiger partial charge in [-0.2, -0.15) is 0 Å². The number of aromatic amines is 1. The van der Waals surface area contributed by atoms with E-state index in [4.69, 9.17) is 16.3 Å². The Labute approximate surface area is 142 Å². The zero-order chi connectivity index (χ0) is 17.3. The third-order valence-corrected chi connectivity index (χ3v) is 3.93. The molecule has 124 valence electrons. The number of imidazole rings is 1. The summed E-state index contributed by atoms with van der Waals surface area (Å²) in [5.41, 5.74) is 2.26. The highest BCUT2D eigenvalue weighted by atomic mass is 35.5. The highest BCUT2D eigenvalue weighted by Gasteiger charge is 2.21. The Balaban J connectivity index is 2.15. The number of aromatic nitrogens is 2. The standard InChI is InChI=1S/C17H15ClFN3O2/c1-9-3-4-12(11(18)5-9)22-16-10(14(23)7-24-2)6-13-17(15(16)19)21-8-20-13/h3-6,8,22H,7H2,1-2H3,(H,20,21). The first-order chi connectivity index (χ1) is 11.5. The van der Waals surface area contributed by atoms with Gasteiger partial charge in [0.1, 0.15) is 12.1 Å². The van der Waals surface area contributed by atoms with E-state index in [-0.39, 0.29) is 29.2 Å². The fraction of sp³-hybridized carbons (Fsp3) is 0.176. The van der Waals surface area contributed by atoms with E-state index in [0.717, 1.165) is 5.56 Å². The van der Waals surface area contributed by atoms with Crippen LogP contribution in [0.15, 0.2) is 30.6 Å². The summed E-state index contributed by atoms with van der Waals surface area (Å²) in [5, 5.41) is 3.35. The van der Waals surface area contributed by atoms with Crippen LogP contribution in [-0.2, 0) is 4.74 Å². The third-order valence-electron chi connectivity index (χ3n) is 3.61. The van der Waals surface area contributed by atoms with Crippen molar-refractivity contribution in [1.29, 1.82) is 0 Å². The molecule has 0 fully saturated rings. The lowest BCUT2D eigenvalue weighted by Gasteiger charge is -2.14. The van der Waals surface area contributed by atoms with Crippen LogP contribution in [0.4, 0.5) is 15.8 Å². The van der Waals surface area contributed by atoms with Crippen LogP contribution < -0.4 is 5.32 Å². The average molecular weight is 348 g/mol. The molecule has 0 amide bonds. The third kappa shape index (κ3) is 2.98. The van der Waals surface area contributed by atoms with Crippen molar-refractivity contribution in [3.63, 3.8) is 0 Å². The number of carbonyl (C=O) groups excluding carboxylic acids is 1. The van der Waals surface area contributed by atoms with E-state index >= 15 is 0 Å². The molecule has 0 spiro atoms. The summed E-state index contributed by atoms with van der Waals surface area (Å²) >= 11 is 6.21. The van der Waals surface area contributed by atoms with Gasteiger partial charge < -0.3 is 15.0 Å². The molecule has 3 rings (SSSR count). The quantitative estimate of drug-likeness (QED) is 0.677. The molecule has 1 aromatic heterocycles. The normalized spacial score (nSPS) is 11.0. The number of anilines is 2. The van der Waals surface area contributed by atoms with Gasteiger partial charge in [-0.05, 0) is 30.7 Å². The topological polar surface area (TPSA) is 67.0 Å². The van der Waals surface area contributed by atoms with Crippen molar-refractivity contribution in [3.8, 4) is 0 Å². The van der Waals surface area contributed by atoms with Crippen molar-refractivity contribution in [2.75, 3.05) is 19.0 Å². The van der Waals surface area contributed by atoms with Crippen LogP contribution in [0.25, 0.3) is 11.0 Å². The molecule has 3 aromatic rings. The SMILES string of the molecule is COCC(=O)c1cc2[nH]cnc2c(F)c1Nc1ccc(C)cc1Cl. The number of Topliss-reactive ketones (excluding diaryl/α,β-unsaturated/α-hetero) is 1. The summed E-state index contributed by atoms with van der Waals surface area (Å²) in [4.78, 5) is 19.1. The number of nitrogens with one attached hydrogen (secondary N) is 2. The van der Waals surface area contributed by atoms with Crippen molar-refractivity contribution in [3.05, 3.63) is 52.6 Å². The Kier molecular flexibility index (Phi) is 4.51. The number of hydrogen-bond acceptors (Lipinski definition) is 4. The second kappa shape index (κ2) is 6.59. The molecule has 0 radical (unpaired) electrons. The van der Waals surface area contributed by atoms with Crippen LogP contribution in [0.1, 0.15) is 15.9 Å². The van der Waals surface area contributed by atoms with Gasteiger partial charge in [0.2, 0.25) is 0 Å². The molecule has 0 bridgehead atoms. The van der Waals surface area contributed by atoms with Crippen molar-refractivity contribution in [2.45, 2.75) is 6.92 Å². The number of aryl methyl sites for hydroxylation is 1.